The number of benzene rings is 1. The van der Waals surface area contributed by atoms with Crippen molar-refractivity contribution < 1.29 is 12.8 Å². The molecule has 0 saturated carbocycles. The fraction of sp³-hybridized carbons (Fsp3) is 0.571. The standard InChI is InChI=1S/C14H20BrFN2O2S/c1-12-11-13(16)3-4-14(12)21(19,20)18-7-2-6-17(8-5-15)9-10-18/h3-4,11H,2,5-10H2,1H3. The summed E-state index contributed by atoms with van der Waals surface area (Å²) in [7, 11) is -3.54. The zero-order valence-electron chi connectivity index (χ0n) is 12.1. The fourth-order valence-corrected chi connectivity index (χ4v) is 4.75. The summed E-state index contributed by atoms with van der Waals surface area (Å²) in [5.74, 6) is -0.411. The molecule has 21 heavy (non-hydrogen) atoms. The number of aryl methyl sites for hydroxylation is 1. The van der Waals surface area contributed by atoms with Gasteiger partial charge in [-0.3, -0.25) is 0 Å². The molecule has 1 fully saturated rings. The molecule has 0 atom stereocenters. The Morgan fingerprint density at radius 1 is 1.24 bits per heavy atom. The summed E-state index contributed by atoms with van der Waals surface area (Å²) in [6.45, 7) is 5.17. The van der Waals surface area contributed by atoms with E-state index in [2.05, 4.69) is 20.8 Å². The molecule has 2 rings (SSSR count). The normalized spacial score (nSPS) is 18.6. The van der Waals surface area contributed by atoms with Crippen LogP contribution in [0.25, 0.3) is 0 Å². The highest BCUT2D eigenvalue weighted by Crippen LogP contribution is 2.22. The molecule has 118 valence electrons. The van der Waals surface area contributed by atoms with Crippen molar-refractivity contribution in [3.05, 3.63) is 29.6 Å². The van der Waals surface area contributed by atoms with Crippen molar-refractivity contribution in [3.8, 4) is 0 Å². The Labute approximate surface area is 134 Å². The van der Waals surface area contributed by atoms with Crippen molar-refractivity contribution >= 4 is 26.0 Å². The van der Waals surface area contributed by atoms with Crippen LogP contribution >= 0.6 is 15.9 Å². The highest BCUT2D eigenvalue weighted by Gasteiger charge is 2.28. The Kier molecular flexibility index (Phi) is 5.76. The van der Waals surface area contributed by atoms with Crippen LogP contribution in [0.1, 0.15) is 12.0 Å². The average molecular weight is 379 g/mol. The number of sulfonamides is 1. The fourth-order valence-electron chi connectivity index (χ4n) is 2.57. The maximum Gasteiger partial charge on any atom is 0.243 e. The number of nitrogens with zero attached hydrogens (tertiary/aromatic N) is 2. The first-order valence-electron chi connectivity index (χ1n) is 7.00. The lowest BCUT2D eigenvalue weighted by molar-refractivity contribution is 0.305. The Bertz CT molecular complexity index is 595. The molecule has 1 saturated heterocycles. The van der Waals surface area contributed by atoms with Gasteiger partial charge in [0.05, 0.1) is 4.90 Å². The molecular formula is C14H20BrFN2O2S. The number of rotatable bonds is 4. The first-order valence-corrected chi connectivity index (χ1v) is 9.56. The molecule has 7 heteroatoms. The van der Waals surface area contributed by atoms with Crippen LogP contribution in [0.4, 0.5) is 4.39 Å². The molecule has 4 nitrogen and oxygen atoms in total. The quantitative estimate of drug-likeness (QED) is 0.754. The van der Waals surface area contributed by atoms with Gasteiger partial charge in [-0.05, 0) is 43.7 Å². The highest BCUT2D eigenvalue weighted by molar-refractivity contribution is 9.09. The Morgan fingerprint density at radius 3 is 2.67 bits per heavy atom. The molecule has 0 aromatic heterocycles. The minimum Gasteiger partial charge on any atom is -0.301 e. The van der Waals surface area contributed by atoms with Crippen LogP contribution in [-0.4, -0.2) is 55.7 Å². The summed E-state index contributed by atoms with van der Waals surface area (Å²) in [6, 6.07) is 3.83. The minimum atomic E-state index is -3.54. The zero-order chi connectivity index (χ0) is 15.5. The molecule has 1 heterocycles. The van der Waals surface area contributed by atoms with E-state index in [1.54, 1.807) is 6.92 Å². The molecule has 1 aliphatic heterocycles. The summed E-state index contributed by atoms with van der Waals surface area (Å²) in [4.78, 5) is 2.46. The van der Waals surface area contributed by atoms with Crippen LogP contribution in [0.15, 0.2) is 23.1 Å². The number of hydrogen-bond acceptors (Lipinski definition) is 3. The molecular weight excluding hydrogens is 359 g/mol. The third kappa shape index (κ3) is 4.03. The van der Waals surface area contributed by atoms with Gasteiger partial charge >= 0.3 is 0 Å². The summed E-state index contributed by atoms with van der Waals surface area (Å²) in [5, 5.41) is 0.886. The Balaban J connectivity index is 2.19. The monoisotopic (exact) mass is 378 g/mol. The SMILES string of the molecule is Cc1cc(F)ccc1S(=O)(=O)N1CCCN(CCBr)CC1. The molecule has 1 aliphatic rings. The van der Waals surface area contributed by atoms with Crippen molar-refractivity contribution in [1.29, 1.82) is 0 Å². The number of hydrogen-bond donors (Lipinski definition) is 0. The van der Waals surface area contributed by atoms with Gasteiger partial charge in [0.25, 0.3) is 0 Å². The van der Waals surface area contributed by atoms with Gasteiger partial charge in [0.1, 0.15) is 5.82 Å². The summed E-state index contributed by atoms with van der Waals surface area (Å²) in [6.07, 6.45) is 0.812. The maximum atomic E-state index is 13.2. The van der Waals surface area contributed by atoms with E-state index in [0.29, 0.717) is 18.7 Å². The van der Waals surface area contributed by atoms with Crippen LogP contribution < -0.4 is 0 Å². The van der Waals surface area contributed by atoms with Gasteiger partial charge in [0, 0.05) is 31.5 Å². The summed E-state index contributed by atoms with van der Waals surface area (Å²) in [5.41, 5.74) is 0.455. The van der Waals surface area contributed by atoms with E-state index in [1.807, 2.05) is 0 Å². The third-order valence-electron chi connectivity index (χ3n) is 3.70. The predicted molar refractivity (Wildman–Crippen MR) is 84.7 cm³/mol. The molecule has 1 aromatic carbocycles. The largest absolute Gasteiger partial charge is 0.301 e. The van der Waals surface area contributed by atoms with Gasteiger partial charge in [0.2, 0.25) is 10.0 Å². The van der Waals surface area contributed by atoms with Crippen molar-refractivity contribution in [3.63, 3.8) is 0 Å². The average Bonchev–Trinajstić information content (AvgIpc) is 2.65. The maximum absolute atomic E-state index is 13.2. The van der Waals surface area contributed by atoms with Crippen LogP contribution in [-0.2, 0) is 10.0 Å². The van der Waals surface area contributed by atoms with E-state index >= 15 is 0 Å². The Morgan fingerprint density at radius 2 is 2.00 bits per heavy atom. The highest BCUT2D eigenvalue weighted by atomic mass is 79.9. The van der Waals surface area contributed by atoms with Crippen LogP contribution in [0.3, 0.4) is 0 Å². The van der Waals surface area contributed by atoms with E-state index in [4.69, 9.17) is 0 Å². The lowest BCUT2D eigenvalue weighted by atomic mass is 10.2. The second-order valence-electron chi connectivity index (χ2n) is 5.20. The molecule has 1 aromatic rings. The molecule has 0 unspecified atom stereocenters. The van der Waals surface area contributed by atoms with E-state index in [0.717, 1.165) is 31.4 Å². The van der Waals surface area contributed by atoms with E-state index < -0.39 is 15.8 Å². The molecule has 0 bridgehead atoms. The van der Waals surface area contributed by atoms with E-state index in [-0.39, 0.29) is 4.90 Å². The van der Waals surface area contributed by atoms with Gasteiger partial charge in [-0.2, -0.15) is 4.31 Å². The topological polar surface area (TPSA) is 40.6 Å². The number of halogens is 2. The van der Waals surface area contributed by atoms with Gasteiger partial charge in [-0.1, -0.05) is 15.9 Å². The van der Waals surface area contributed by atoms with Crippen molar-refractivity contribution in [2.45, 2.75) is 18.2 Å². The van der Waals surface area contributed by atoms with Crippen molar-refractivity contribution in [2.75, 3.05) is 38.1 Å². The minimum absolute atomic E-state index is 0.206. The molecule has 0 spiro atoms. The lowest BCUT2D eigenvalue weighted by Gasteiger charge is -2.22. The van der Waals surface area contributed by atoms with Gasteiger partial charge in [0.15, 0.2) is 0 Å². The van der Waals surface area contributed by atoms with Gasteiger partial charge in [-0.15, -0.1) is 0 Å². The molecule has 0 aliphatic carbocycles. The number of alkyl halides is 1. The van der Waals surface area contributed by atoms with Crippen LogP contribution in [0.5, 0.6) is 0 Å². The van der Waals surface area contributed by atoms with Crippen molar-refractivity contribution in [2.24, 2.45) is 0 Å². The second-order valence-corrected chi connectivity index (χ2v) is 7.90. The smallest absolute Gasteiger partial charge is 0.243 e. The molecule has 0 amide bonds. The lowest BCUT2D eigenvalue weighted by Crippen LogP contribution is -2.36. The second kappa shape index (κ2) is 7.17. The molecule has 0 radical (unpaired) electrons. The van der Waals surface area contributed by atoms with Crippen molar-refractivity contribution in [1.82, 2.24) is 9.21 Å². The summed E-state index contributed by atoms with van der Waals surface area (Å²) < 4.78 is 40.1. The van der Waals surface area contributed by atoms with Crippen LogP contribution in [0, 0.1) is 12.7 Å². The van der Waals surface area contributed by atoms with E-state index in [1.165, 1.54) is 22.5 Å². The Hall–Kier alpha value is -0.500. The zero-order valence-corrected chi connectivity index (χ0v) is 14.5. The third-order valence-corrected chi connectivity index (χ3v) is 6.12. The molecule has 0 N–H and O–H groups in total. The van der Waals surface area contributed by atoms with E-state index in [9.17, 15) is 12.8 Å². The van der Waals surface area contributed by atoms with Gasteiger partial charge in [-0.25, -0.2) is 12.8 Å². The first kappa shape index (κ1) is 16.9. The first-order chi connectivity index (χ1) is 9.95. The predicted octanol–water partition coefficient (Wildman–Crippen LogP) is 2.23. The summed E-state index contributed by atoms with van der Waals surface area (Å²) >= 11 is 3.41. The van der Waals surface area contributed by atoms with Gasteiger partial charge < -0.3 is 4.90 Å². The van der Waals surface area contributed by atoms with Crippen LogP contribution in [0.2, 0.25) is 0 Å².